The highest BCUT2D eigenvalue weighted by molar-refractivity contribution is 9.10. The number of hydrogen-bond acceptors (Lipinski definition) is 3. The minimum Gasteiger partial charge on any atom is -0.336 e. The zero-order valence-corrected chi connectivity index (χ0v) is 13.5. The SMILES string of the molecule is CCn1cc(CN(C)C(=O)c2nn(CC)cc2Br)cn1. The van der Waals surface area contributed by atoms with Crippen LogP contribution in [0.15, 0.2) is 23.1 Å². The quantitative estimate of drug-likeness (QED) is 0.838. The average Bonchev–Trinajstić information content (AvgIpc) is 3.04. The lowest BCUT2D eigenvalue weighted by Crippen LogP contribution is -2.27. The number of carbonyl (C=O) groups is 1. The van der Waals surface area contributed by atoms with Gasteiger partial charge in [0, 0.05) is 44.6 Å². The molecule has 0 spiro atoms. The summed E-state index contributed by atoms with van der Waals surface area (Å²) in [5.74, 6) is -0.103. The molecule has 0 aliphatic rings. The topological polar surface area (TPSA) is 56.0 Å². The third-order valence-corrected chi connectivity index (χ3v) is 3.60. The normalized spacial score (nSPS) is 10.8. The summed E-state index contributed by atoms with van der Waals surface area (Å²) < 4.78 is 4.30. The van der Waals surface area contributed by atoms with E-state index >= 15 is 0 Å². The summed E-state index contributed by atoms with van der Waals surface area (Å²) in [7, 11) is 1.77. The number of carbonyl (C=O) groups excluding carboxylic acids is 1. The Morgan fingerprint density at radius 2 is 2.00 bits per heavy atom. The Balaban J connectivity index is 2.09. The van der Waals surface area contributed by atoms with Gasteiger partial charge < -0.3 is 4.90 Å². The van der Waals surface area contributed by atoms with Crippen LogP contribution in [0.5, 0.6) is 0 Å². The number of halogens is 1. The molecule has 0 aromatic carbocycles. The van der Waals surface area contributed by atoms with Crippen molar-refractivity contribution in [2.75, 3.05) is 7.05 Å². The van der Waals surface area contributed by atoms with Crippen molar-refractivity contribution < 1.29 is 4.79 Å². The molecule has 1 amide bonds. The van der Waals surface area contributed by atoms with Crippen LogP contribution in [-0.4, -0.2) is 37.4 Å². The van der Waals surface area contributed by atoms with Gasteiger partial charge in [-0.3, -0.25) is 14.2 Å². The van der Waals surface area contributed by atoms with Crippen molar-refractivity contribution in [3.05, 3.63) is 34.3 Å². The van der Waals surface area contributed by atoms with Crippen molar-refractivity contribution in [1.29, 1.82) is 0 Å². The fourth-order valence-electron chi connectivity index (χ4n) is 1.89. The molecule has 6 nitrogen and oxygen atoms in total. The minimum atomic E-state index is -0.103. The van der Waals surface area contributed by atoms with Gasteiger partial charge in [0.2, 0.25) is 0 Å². The van der Waals surface area contributed by atoms with E-state index < -0.39 is 0 Å². The van der Waals surface area contributed by atoms with E-state index in [0.29, 0.717) is 12.2 Å². The van der Waals surface area contributed by atoms with Gasteiger partial charge in [-0.15, -0.1) is 0 Å². The van der Waals surface area contributed by atoms with Crippen molar-refractivity contribution in [1.82, 2.24) is 24.5 Å². The number of amides is 1. The largest absolute Gasteiger partial charge is 0.336 e. The standard InChI is InChI=1S/C13H18BrN5O/c1-4-18-8-10(6-15-18)7-17(3)13(20)12-11(14)9-19(5-2)16-12/h6,8-9H,4-5,7H2,1-3H3. The first-order valence-corrected chi connectivity index (χ1v) is 7.34. The fraction of sp³-hybridized carbons (Fsp3) is 0.462. The molecule has 20 heavy (non-hydrogen) atoms. The molecule has 0 saturated carbocycles. The van der Waals surface area contributed by atoms with E-state index in [1.54, 1.807) is 22.8 Å². The van der Waals surface area contributed by atoms with Crippen LogP contribution in [0.2, 0.25) is 0 Å². The Kier molecular flexibility index (Phi) is 4.59. The Hall–Kier alpha value is -1.63. The Morgan fingerprint density at radius 3 is 2.55 bits per heavy atom. The number of rotatable bonds is 5. The van der Waals surface area contributed by atoms with Crippen molar-refractivity contribution in [2.24, 2.45) is 0 Å². The average molecular weight is 340 g/mol. The highest BCUT2D eigenvalue weighted by Gasteiger charge is 2.19. The lowest BCUT2D eigenvalue weighted by Gasteiger charge is -2.14. The minimum absolute atomic E-state index is 0.103. The molecule has 0 atom stereocenters. The second-order valence-electron chi connectivity index (χ2n) is 4.55. The molecule has 0 unspecified atom stereocenters. The van der Waals surface area contributed by atoms with E-state index in [1.807, 2.05) is 30.9 Å². The van der Waals surface area contributed by atoms with Crippen LogP contribution in [0, 0.1) is 0 Å². The second kappa shape index (κ2) is 6.21. The molecule has 0 fully saturated rings. The van der Waals surface area contributed by atoms with Gasteiger partial charge >= 0.3 is 0 Å². The maximum absolute atomic E-state index is 12.4. The molecular weight excluding hydrogens is 322 g/mol. The first-order valence-electron chi connectivity index (χ1n) is 6.54. The summed E-state index contributed by atoms with van der Waals surface area (Å²) in [5, 5.41) is 8.47. The molecule has 0 bridgehead atoms. The van der Waals surface area contributed by atoms with Gasteiger partial charge in [-0.25, -0.2) is 0 Å². The third kappa shape index (κ3) is 3.09. The molecule has 2 aromatic rings. The molecule has 7 heteroatoms. The predicted molar refractivity (Wildman–Crippen MR) is 79.3 cm³/mol. The summed E-state index contributed by atoms with van der Waals surface area (Å²) in [6.07, 6.45) is 5.55. The Morgan fingerprint density at radius 1 is 1.30 bits per heavy atom. The van der Waals surface area contributed by atoms with Gasteiger partial charge in [-0.2, -0.15) is 10.2 Å². The van der Waals surface area contributed by atoms with Crippen LogP contribution >= 0.6 is 15.9 Å². The predicted octanol–water partition coefficient (Wildman–Crippen LogP) is 2.15. The van der Waals surface area contributed by atoms with Crippen molar-refractivity contribution in [2.45, 2.75) is 33.5 Å². The zero-order chi connectivity index (χ0) is 14.7. The lowest BCUT2D eigenvalue weighted by atomic mass is 10.3. The van der Waals surface area contributed by atoms with E-state index in [1.165, 1.54) is 0 Å². The Labute approximate surface area is 126 Å². The van der Waals surface area contributed by atoms with E-state index in [2.05, 4.69) is 26.1 Å². The molecule has 0 aliphatic carbocycles. The van der Waals surface area contributed by atoms with Gasteiger partial charge in [0.25, 0.3) is 5.91 Å². The molecule has 2 aromatic heterocycles. The highest BCUT2D eigenvalue weighted by atomic mass is 79.9. The molecule has 0 radical (unpaired) electrons. The van der Waals surface area contributed by atoms with E-state index in [-0.39, 0.29) is 5.91 Å². The maximum Gasteiger partial charge on any atom is 0.275 e. The molecule has 0 N–H and O–H groups in total. The smallest absolute Gasteiger partial charge is 0.275 e. The van der Waals surface area contributed by atoms with Crippen LogP contribution in [0.3, 0.4) is 0 Å². The van der Waals surface area contributed by atoms with Crippen molar-refractivity contribution >= 4 is 21.8 Å². The number of hydrogen-bond donors (Lipinski definition) is 0. The van der Waals surface area contributed by atoms with Crippen LogP contribution in [0.25, 0.3) is 0 Å². The third-order valence-electron chi connectivity index (χ3n) is 3.02. The molecule has 2 heterocycles. The van der Waals surface area contributed by atoms with Gasteiger partial charge in [0.05, 0.1) is 10.7 Å². The first-order chi connectivity index (χ1) is 9.55. The van der Waals surface area contributed by atoms with E-state index in [4.69, 9.17) is 0 Å². The van der Waals surface area contributed by atoms with Crippen molar-refractivity contribution in [3.63, 3.8) is 0 Å². The van der Waals surface area contributed by atoms with Gasteiger partial charge in [-0.05, 0) is 29.8 Å². The maximum atomic E-state index is 12.4. The number of aryl methyl sites for hydroxylation is 2. The summed E-state index contributed by atoms with van der Waals surface area (Å²) in [6.45, 7) is 6.09. The van der Waals surface area contributed by atoms with Gasteiger partial charge in [-0.1, -0.05) is 0 Å². The summed E-state index contributed by atoms with van der Waals surface area (Å²) in [6, 6.07) is 0. The van der Waals surface area contributed by atoms with Crippen LogP contribution < -0.4 is 0 Å². The number of nitrogens with zero attached hydrogens (tertiary/aromatic N) is 5. The number of aromatic nitrogens is 4. The first kappa shape index (κ1) is 14.8. The van der Waals surface area contributed by atoms with E-state index in [0.717, 1.165) is 23.1 Å². The van der Waals surface area contributed by atoms with Gasteiger partial charge in [0.1, 0.15) is 0 Å². The van der Waals surface area contributed by atoms with E-state index in [9.17, 15) is 4.79 Å². The van der Waals surface area contributed by atoms with Gasteiger partial charge in [0.15, 0.2) is 5.69 Å². The monoisotopic (exact) mass is 339 g/mol. The summed E-state index contributed by atoms with van der Waals surface area (Å²) in [4.78, 5) is 14.0. The molecule has 2 rings (SSSR count). The Bertz CT molecular complexity index is 604. The summed E-state index contributed by atoms with van der Waals surface area (Å²) >= 11 is 3.38. The summed E-state index contributed by atoms with van der Waals surface area (Å²) in [5.41, 5.74) is 1.45. The van der Waals surface area contributed by atoms with Crippen LogP contribution in [0.4, 0.5) is 0 Å². The molecular formula is C13H18BrN5O. The molecule has 0 saturated heterocycles. The second-order valence-corrected chi connectivity index (χ2v) is 5.40. The fourth-order valence-corrected chi connectivity index (χ4v) is 2.38. The lowest BCUT2D eigenvalue weighted by molar-refractivity contribution is 0.0777. The molecule has 108 valence electrons. The zero-order valence-electron chi connectivity index (χ0n) is 11.9. The van der Waals surface area contributed by atoms with Crippen LogP contribution in [0.1, 0.15) is 29.9 Å². The van der Waals surface area contributed by atoms with Crippen molar-refractivity contribution in [3.8, 4) is 0 Å². The van der Waals surface area contributed by atoms with Crippen LogP contribution in [-0.2, 0) is 19.6 Å². The highest BCUT2D eigenvalue weighted by Crippen LogP contribution is 2.17. The molecule has 0 aliphatic heterocycles.